The number of amides is 1. The van der Waals surface area contributed by atoms with Crippen LogP contribution in [0.4, 0.5) is 5.69 Å². The van der Waals surface area contributed by atoms with Crippen molar-refractivity contribution in [2.24, 2.45) is 5.14 Å². The van der Waals surface area contributed by atoms with E-state index in [2.05, 4.69) is 21.2 Å². The molecule has 1 fully saturated rings. The Balaban J connectivity index is 2.03. The lowest BCUT2D eigenvalue weighted by Crippen LogP contribution is -2.19. The van der Waals surface area contributed by atoms with Gasteiger partial charge in [-0.05, 0) is 47.0 Å². The lowest BCUT2D eigenvalue weighted by molar-refractivity contribution is -0.118. The molecule has 8 heteroatoms. The molecular formula is C12H15BrN2O4S. The molecule has 1 atom stereocenters. The smallest absolute Gasteiger partial charge is 0.239 e. The number of nitrogens with one attached hydrogen (secondary N) is 1. The van der Waals surface area contributed by atoms with Crippen molar-refractivity contribution in [3.05, 3.63) is 22.7 Å². The quantitative estimate of drug-likeness (QED) is 0.849. The van der Waals surface area contributed by atoms with Crippen LogP contribution in [0.1, 0.15) is 19.3 Å². The molecule has 0 spiro atoms. The van der Waals surface area contributed by atoms with Gasteiger partial charge >= 0.3 is 0 Å². The van der Waals surface area contributed by atoms with Crippen molar-refractivity contribution in [2.45, 2.75) is 30.3 Å². The standard InChI is InChI=1S/C12H15BrN2O4S/c13-10-6-8(3-4-11(10)20(14,17)18)15-12(16)7-9-2-1-5-19-9/h3-4,6,9H,1-2,5,7H2,(H,15,16)(H2,14,17,18). The number of sulfonamides is 1. The number of hydrogen-bond donors (Lipinski definition) is 2. The van der Waals surface area contributed by atoms with Gasteiger partial charge in [-0.25, -0.2) is 13.6 Å². The normalized spacial score (nSPS) is 19.0. The highest BCUT2D eigenvalue weighted by Gasteiger charge is 2.19. The SMILES string of the molecule is NS(=O)(=O)c1ccc(NC(=O)CC2CCCO2)cc1Br. The monoisotopic (exact) mass is 362 g/mol. The first-order valence-electron chi connectivity index (χ1n) is 6.10. The second-order valence-electron chi connectivity index (χ2n) is 4.58. The van der Waals surface area contributed by atoms with Gasteiger partial charge in [-0.2, -0.15) is 0 Å². The zero-order chi connectivity index (χ0) is 14.8. The first kappa shape index (κ1) is 15.4. The van der Waals surface area contributed by atoms with Crippen molar-refractivity contribution in [3.8, 4) is 0 Å². The van der Waals surface area contributed by atoms with Crippen LogP contribution in [-0.4, -0.2) is 27.0 Å². The number of anilines is 1. The molecule has 1 amide bonds. The van der Waals surface area contributed by atoms with Gasteiger partial charge in [0.25, 0.3) is 0 Å². The molecule has 2 rings (SSSR count). The van der Waals surface area contributed by atoms with Gasteiger partial charge in [0.2, 0.25) is 15.9 Å². The van der Waals surface area contributed by atoms with Crippen molar-refractivity contribution in [1.29, 1.82) is 0 Å². The van der Waals surface area contributed by atoms with E-state index in [0.29, 0.717) is 23.2 Å². The van der Waals surface area contributed by atoms with E-state index in [4.69, 9.17) is 9.88 Å². The minimum atomic E-state index is -3.78. The third-order valence-corrected chi connectivity index (χ3v) is 4.85. The molecule has 20 heavy (non-hydrogen) atoms. The number of carbonyl (C=O) groups excluding carboxylic acids is 1. The first-order valence-corrected chi connectivity index (χ1v) is 8.44. The van der Waals surface area contributed by atoms with Crippen molar-refractivity contribution in [1.82, 2.24) is 0 Å². The predicted octanol–water partition coefficient (Wildman–Crippen LogP) is 1.60. The van der Waals surface area contributed by atoms with E-state index >= 15 is 0 Å². The van der Waals surface area contributed by atoms with Crippen molar-refractivity contribution in [3.63, 3.8) is 0 Å². The van der Waals surface area contributed by atoms with Gasteiger partial charge < -0.3 is 10.1 Å². The highest BCUT2D eigenvalue weighted by Crippen LogP contribution is 2.25. The minimum Gasteiger partial charge on any atom is -0.378 e. The van der Waals surface area contributed by atoms with Crippen LogP contribution in [0.25, 0.3) is 0 Å². The summed E-state index contributed by atoms with van der Waals surface area (Å²) in [5.41, 5.74) is 0.507. The van der Waals surface area contributed by atoms with Gasteiger partial charge in [0.1, 0.15) is 0 Å². The summed E-state index contributed by atoms with van der Waals surface area (Å²) in [7, 11) is -3.78. The maximum atomic E-state index is 11.8. The molecule has 1 saturated heterocycles. The molecule has 3 N–H and O–H groups in total. The van der Waals surface area contributed by atoms with Crippen LogP contribution in [0, 0.1) is 0 Å². The maximum Gasteiger partial charge on any atom is 0.239 e. The average molecular weight is 363 g/mol. The molecule has 1 unspecified atom stereocenters. The lowest BCUT2D eigenvalue weighted by atomic mass is 10.2. The Morgan fingerprint density at radius 1 is 1.50 bits per heavy atom. The summed E-state index contributed by atoms with van der Waals surface area (Å²) in [5.74, 6) is -0.160. The van der Waals surface area contributed by atoms with E-state index in [-0.39, 0.29) is 16.9 Å². The topological polar surface area (TPSA) is 98.5 Å². The van der Waals surface area contributed by atoms with Gasteiger partial charge in [0, 0.05) is 16.8 Å². The van der Waals surface area contributed by atoms with Crippen LogP contribution in [0.5, 0.6) is 0 Å². The molecule has 1 aromatic rings. The fraction of sp³-hybridized carbons (Fsp3) is 0.417. The van der Waals surface area contributed by atoms with Crippen LogP contribution in [-0.2, 0) is 19.6 Å². The van der Waals surface area contributed by atoms with Crippen LogP contribution in [0.3, 0.4) is 0 Å². The highest BCUT2D eigenvalue weighted by atomic mass is 79.9. The summed E-state index contributed by atoms with van der Waals surface area (Å²) in [6, 6.07) is 4.35. The number of rotatable bonds is 4. The Labute approximate surface area is 125 Å². The number of halogens is 1. The van der Waals surface area contributed by atoms with E-state index in [9.17, 15) is 13.2 Å². The van der Waals surface area contributed by atoms with Crippen molar-refractivity contribution >= 4 is 37.5 Å². The number of nitrogens with two attached hydrogens (primary N) is 1. The fourth-order valence-corrected chi connectivity index (χ4v) is 3.68. The summed E-state index contributed by atoms with van der Waals surface area (Å²) >= 11 is 3.13. The van der Waals surface area contributed by atoms with Crippen LogP contribution in [0.15, 0.2) is 27.6 Å². The molecule has 6 nitrogen and oxygen atoms in total. The number of carbonyl (C=O) groups is 1. The molecular weight excluding hydrogens is 348 g/mol. The lowest BCUT2D eigenvalue weighted by Gasteiger charge is -2.11. The van der Waals surface area contributed by atoms with E-state index in [1.54, 1.807) is 0 Å². The van der Waals surface area contributed by atoms with Crippen molar-refractivity contribution < 1.29 is 17.9 Å². The summed E-state index contributed by atoms with van der Waals surface area (Å²) < 4.78 is 28.2. The molecule has 110 valence electrons. The zero-order valence-electron chi connectivity index (χ0n) is 10.6. The molecule has 1 aliphatic rings. The Hall–Kier alpha value is -0.960. The number of ether oxygens (including phenoxy) is 1. The second-order valence-corrected chi connectivity index (χ2v) is 6.96. The molecule has 0 aliphatic carbocycles. The average Bonchev–Trinajstić information content (AvgIpc) is 2.79. The van der Waals surface area contributed by atoms with E-state index in [0.717, 1.165) is 12.8 Å². The third kappa shape index (κ3) is 4.02. The number of primary sulfonamides is 1. The Bertz CT molecular complexity index is 612. The maximum absolute atomic E-state index is 11.8. The summed E-state index contributed by atoms with van der Waals surface area (Å²) in [6.07, 6.45) is 2.14. The van der Waals surface area contributed by atoms with Gasteiger partial charge in [-0.15, -0.1) is 0 Å². The van der Waals surface area contributed by atoms with E-state index in [1.807, 2.05) is 0 Å². The molecule has 0 bridgehead atoms. The molecule has 1 aromatic carbocycles. The molecule has 1 heterocycles. The Morgan fingerprint density at radius 2 is 2.25 bits per heavy atom. The van der Waals surface area contributed by atoms with Gasteiger partial charge in [0.05, 0.1) is 17.4 Å². The van der Waals surface area contributed by atoms with Crippen LogP contribution < -0.4 is 10.5 Å². The fourth-order valence-electron chi connectivity index (χ4n) is 2.03. The molecule has 0 radical (unpaired) electrons. The number of benzene rings is 1. The summed E-state index contributed by atoms with van der Waals surface area (Å²) in [4.78, 5) is 11.8. The largest absolute Gasteiger partial charge is 0.378 e. The zero-order valence-corrected chi connectivity index (χ0v) is 13.0. The minimum absolute atomic E-state index is 0.0189. The Morgan fingerprint density at radius 3 is 2.80 bits per heavy atom. The van der Waals surface area contributed by atoms with Gasteiger partial charge in [0.15, 0.2) is 0 Å². The van der Waals surface area contributed by atoms with Crippen LogP contribution in [0.2, 0.25) is 0 Å². The first-order chi connectivity index (χ1) is 9.36. The molecule has 0 aromatic heterocycles. The van der Waals surface area contributed by atoms with Gasteiger partial charge in [-0.1, -0.05) is 0 Å². The highest BCUT2D eigenvalue weighted by molar-refractivity contribution is 9.10. The molecule has 0 saturated carbocycles. The summed E-state index contributed by atoms with van der Waals surface area (Å²) in [5, 5.41) is 7.76. The van der Waals surface area contributed by atoms with E-state index < -0.39 is 10.0 Å². The predicted molar refractivity (Wildman–Crippen MR) is 77.7 cm³/mol. The second kappa shape index (κ2) is 6.21. The molecule has 1 aliphatic heterocycles. The van der Waals surface area contributed by atoms with Gasteiger partial charge in [-0.3, -0.25) is 4.79 Å². The third-order valence-electron chi connectivity index (χ3n) is 2.96. The van der Waals surface area contributed by atoms with E-state index in [1.165, 1.54) is 18.2 Å². The number of hydrogen-bond acceptors (Lipinski definition) is 4. The summed E-state index contributed by atoms with van der Waals surface area (Å²) in [6.45, 7) is 0.701. The Kier molecular flexibility index (Phi) is 4.79. The van der Waals surface area contributed by atoms with Crippen molar-refractivity contribution in [2.75, 3.05) is 11.9 Å². The van der Waals surface area contributed by atoms with Crippen LogP contribution >= 0.6 is 15.9 Å².